The molecule has 3 heterocycles. The van der Waals surface area contributed by atoms with Crippen LogP contribution in [0.5, 0.6) is 0 Å². The van der Waals surface area contributed by atoms with Gasteiger partial charge in [-0.2, -0.15) is 5.26 Å². The molecule has 0 atom stereocenters. The van der Waals surface area contributed by atoms with Gasteiger partial charge >= 0.3 is 0 Å². The van der Waals surface area contributed by atoms with E-state index in [0.717, 1.165) is 17.0 Å². The van der Waals surface area contributed by atoms with Crippen molar-refractivity contribution in [1.82, 2.24) is 29.9 Å². The van der Waals surface area contributed by atoms with Crippen LogP contribution in [0.3, 0.4) is 0 Å². The average molecular weight is 410 g/mol. The molecule has 8 heteroatoms. The van der Waals surface area contributed by atoms with Crippen LogP contribution in [0.2, 0.25) is 0 Å². The minimum absolute atomic E-state index is 0.0265. The van der Waals surface area contributed by atoms with Crippen molar-refractivity contribution in [3.8, 4) is 28.7 Å². The third-order valence-corrected chi connectivity index (χ3v) is 4.73. The Morgan fingerprint density at radius 1 is 0.968 bits per heavy atom. The lowest BCUT2D eigenvalue weighted by Gasteiger charge is -2.18. The van der Waals surface area contributed by atoms with Gasteiger partial charge in [-0.15, -0.1) is 5.10 Å². The second-order valence-corrected chi connectivity index (χ2v) is 8.25. The van der Waals surface area contributed by atoms with Crippen LogP contribution in [0, 0.1) is 11.3 Å². The zero-order valence-electron chi connectivity index (χ0n) is 17.6. The van der Waals surface area contributed by atoms with Crippen molar-refractivity contribution in [2.24, 2.45) is 0 Å². The zero-order chi connectivity index (χ0) is 22.0. The molecule has 0 bridgehead atoms. The molecular formula is C23H22N8. The van der Waals surface area contributed by atoms with Gasteiger partial charge in [0.15, 0.2) is 0 Å². The lowest BCUT2D eigenvalue weighted by Crippen LogP contribution is -2.15. The Balaban J connectivity index is 1.62. The Kier molecular flexibility index (Phi) is 5.17. The highest BCUT2D eigenvalue weighted by molar-refractivity contribution is 5.68. The number of hydrogen-bond acceptors (Lipinski definition) is 7. The Bertz CT molecular complexity index is 1280. The Morgan fingerprint density at radius 3 is 2.52 bits per heavy atom. The smallest absolute Gasteiger partial charge is 0.221 e. The topological polar surface area (TPSA) is 119 Å². The molecule has 4 aromatic rings. The number of nitrogen functional groups attached to an aromatic ring is 1. The molecule has 3 aromatic heterocycles. The summed E-state index contributed by atoms with van der Waals surface area (Å²) in [5, 5.41) is 17.6. The Morgan fingerprint density at radius 2 is 1.74 bits per heavy atom. The third-order valence-electron chi connectivity index (χ3n) is 4.73. The van der Waals surface area contributed by atoms with E-state index < -0.39 is 0 Å². The van der Waals surface area contributed by atoms with Crippen molar-refractivity contribution >= 4 is 5.95 Å². The third kappa shape index (κ3) is 4.56. The standard InChI is InChI=1S/C23H22N8/c1-23(2,3)21-9-5-8-17(26-21)13-31-14-20(29-30-31)19-11-18(27-22(25)28-19)16-7-4-6-15(10-16)12-24/h4-11,14H,13H2,1-3H3,(H2,25,27,28). The molecule has 0 saturated heterocycles. The maximum atomic E-state index is 9.15. The minimum atomic E-state index is -0.0265. The van der Waals surface area contributed by atoms with Crippen molar-refractivity contribution in [2.45, 2.75) is 32.7 Å². The van der Waals surface area contributed by atoms with Gasteiger partial charge in [-0.3, -0.25) is 4.98 Å². The van der Waals surface area contributed by atoms with Crippen LogP contribution in [0.1, 0.15) is 37.7 Å². The molecule has 0 aliphatic rings. The second kappa shape index (κ2) is 7.95. The highest BCUT2D eigenvalue weighted by Gasteiger charge is 2.16. The fraction of sp³-hybridized carbons (Fsp3) is 0.217. The van der Waals surface area contributed by atoms with Crippen molar-refractivity contribution in [3.63, 3.8) is 0 Å². The van der Waals surface area contributed by atoms with Gasteiger partial charge in [0.1, 0.15) is 5.69 Å². The van der Waals surface area contributed by atoms with Crippen molar-refractivity contribution < 1.29 is 0 Å². The van der Waals surface area contributed by atoms with Crippen LogP contribution in [0.4, 0.5) is 5.95 Å². The van der Waals surface area contributed by atoms with Gasteiger partial charge in [0.2, 0.25) is 5.95 Å². The number of nitrogens with two attached hydrogens (primary N) is 1. The fourth-order valence-electron chi connectivity index (χ4n) is 3.14. The van der Waals surface area contributed by atoms with E-state index in [1.807, 2.05) is 30.5 Å². The minimum Gasteiger partial charge on any atom is -0.368 e. The number of nitriles is 1. The van der Waals surface area contributed by atoms with Crippen molar-refractivity contribution in [2.75, 3.05) is 5.73 Å². The SMILES string of the molecule is CC(C)(C)c1cccc(Cn2cc(-c3cc(-c4cccc(C#N)c4)nc(N)n3)nn2)n1. The summed E-state index contributed by atoms with van der Waals surface area (Å²) in [6, 6.07) is 17.1. The van der Waals surface area contributed by atoms with E-state index in [-0.39, 0.29) is 11.4 Å². The summed E-state index contributed by atoms with van der Waals surface area (Å²) >= 11 is 0. The molecule has 0 saturated carbocycles. The van der Waals surface area contributed by atoms with Gasteiger partial charge in [-0.25, -0.2) is 14.6 Å². The summed E-state index contributed by atoms with van der Waals surface area (Å²) in [7, 11) is 0. The average Bonchev–Trinajstić information content (AvgIpc) is 3.21. The number of hydrogen-bond donors (Lipinski definition) is 1. The maximum Gasteiger partial charge on any atom is 0.221 e. The molecule has 0 fully saturated rings. The molecule has 0 aliphatic carbocycles. The van der Waals surface area contributed by atoms with E-state index in [1.54, 1.807) is 28.9 Å². The maximum absolute atomic E-state index is 9.15. The molecule has 31 heavy (non-hydrogen) atoms. The van der Waals surface area contributed by atoms with Crippen LogP contribution in [0.15, 0.2) is 54.7 Å². The van der Waals surface area contributed by atoms with E-state index in [9.17, 15) is 0 Å². The Labute approximate surface area is 180 Å². The van der Waals surface area contributed by atoms with Gasteiger partial charge in [0.25, 0.3) is 0 Å². The highest BCUT2D eigenvalue weighted by Crippen LogP contribution is 2.24. The summed E-state index contributed by atoms with van der Waals surface area (Å²) in [5.41, 5.74) is 10.9. The molecule has 2 N–H and O–H groups in total. The van der Waals surface area contributed by atoms with Crippen LogP contribution in [-0.2, 0) is 12.0 Å². The van der Waals surface area contributed by atoms with E-state index in [4.69, 9.17) is 16.0 Å². The van der Waals surface area contributed by atoms with E-state index in [1.165, 1.54) is 0 Å². The summed E-state index contributed by atoms with van der Waals surface area (Å²) in [6.45, 7) is 6.90. The van der Waals surface area contributed by atoms with Crippen LogP contribution >= 0.6 is 0 Å². The first-order chi connectivity index (χ1) is 14.8. The predicted octanol–water partition coefficient (Wildman–Crippen LogP) is 3.60. The fourth-order valence-corrected chi connectivity index (χ4v) is 3.14. The van der Waals surface area contributed by atoms with Crippen molar-refractivity contribution in [3.05, 3.63) is 71.7 Å². The van der Waals surface area contributed by atoms with Crippen molar-refractivity contribution in [1.29, 1.82) is 5.26 Å². The molecule has 1 aromatic carbocycles. The summed E-state index contributed by atoms with van der Waals surface area (Å²) in [5.74, 6) is 0.129. The van der Waals surface area contributed by atoms with Gasteiger partial charge < -0.3 is 5.73 Å². The predicted molar refractivity (Wildman–Crippen MR) is 118 cm³/mol. The summed E-state index contributed by atoms with van der Waals surface area (Å²) in [4.78, 5) is 13.4. The number of rotatable bonds is 4. The molecular weight excluding hydrogens is 388 g/mol. The summed E-state index contributed by atoms with van der Waals surface area (Å²) < 4.78 is 1.72. The largest absolute Gasteiger partial charge is 0.368 e. The molecule has 154 valence electrons. The molecule has 0 amide bonds. The number of pyridine rings is 1. The number of aromatic nitrogens is 6. The Hall–Kier alpha value is -4.12. The van der Waals surface area contributed by atoms with Gasteiger partial charge in [-0.1, -0.05) is 44.2 Å². The van der Waals surface area contributed by atoms with Gasteiger partial charge in [0.05, 0.1) is 41.5 Å². The van der Waals surface area contributed by atoms with Crippen LogP contribution < -0.4 is 5.73 Å². The molecule has 0 spiro atoms. The molecule has 8 nitrogen and oxygen atoms in total. The molecule has 0 aliphatic heterocycles. The first kappa shape index (κ1) is 20.2. The van der Waals surface area contributed by atoms with Gasteiger partial charge in [0, 0.05) is 16.7 Å². The lowest BCUT2D eigenvalue weighted by molar-refractivity contribution is 0.559. The highest BCUT2D eigenvalue weighted by atomic mass is 15.4. The number of anilines is 1. The molecule has 0 radical (unpaired) electrons. The zero-order valence-corrected chi connectivity index (χ0v) is 17.6. The summed E-state index contributed by atoms with van der Waals surface area (Å²) in [6.07, 6.45) is 1.81. The first-order valence-electron chi connectivity index (χ1n) is 9.84. The second-order valence-electron chi connectivity index (χ2n) is 8.25. The molecule has 0 unspecified atom stereocenters. The molecule has 4 rings (SSSR count). The lowest BCUT2D eigenvalue weighted by atomic mass is 9.91. The van der Waals surface area contributed by atoms with E-state index in [2.05, 4.69) is 47.1 Å². The first-order valence-corrected chi connectivity index (χ1v) is 9.84. The monoisotopic (exact) mass is 410 g/mol. The van der Waals surface area contributed by atoms with Gasteiger partial charge in [-0.05, 0) is 30.3 Å². The number of nitrogens with zero attached hydrogens (tertiary/aromatic N) is 7. The quantitative estimate of drug-likeness (QED) is 0.546. The number of benzene rings is 1. The van der Waals surface area contributed by atoms with E-state index >= 15 is 0 Å². The van der Waals surface area contributed by atoms with E-state index in [0.29, 0.717) is 29.2 Å². The van der Waals surface area contributed by atoms with Crippen LogP contribution in [-0.4, -0.2) is 29.9 Å². The van der Waals surface area contributed by atoms with Crippen LogP contribution in [0.25, 0.3) is 22.6 Å². The normalized spacial score (nSPS) is 11.3.